The predicted molar refractivity (Wildman–Crippen MR) is 104 cm³/mol. The summed E-state index contributed by atoms with van der Waals surface area (Å²) in [6.45, 7) is 5.93. The van der Waals surface area contributed by atoms with Gasteiger partial charge in [0.25, 0.3) is 5.91 Å². The summed E-state index contributed by atoms with van der Waals surface area (Å²) in [5, 5.41) is 15.3. The number of benzene rings is 1. The van der Waals surface area contributed by atoms with E-state index in [1.807, 2.05) is 59.7 Å². The van der Waals surface area contributed by atoms with E-state index < -0.39 is 0 Å². The summed E-state index contributed by atoms with van der Waals surface area (Å²) in [7, 11) is 0. The van der Waals surface area contributed by atoms with Crippen LogP contribution in [0.1, 0.15) is 40.8 Å². The minimum atomic E-state index is -0.206. The Bertz CT molecular complexity index is 951. The summed E-state index contributed by atoms with van der Waals surface area (Å²) in [4.78, 5) is 12.6. The molecule has 1 aromatic carbocycles. The van der Waals surface area contributed by atoms with Gasteiger partial charge in [0.15, 0.2) is 5.69 Å². The van der Waals surface area contributed by atoms with Crippen LogP contribution >= 0.6 is 0 Å². The SMILES string of the molecule is Cc1cc(C)n(-c2cccc(NC(=O)c3ccn(C4CCCNC4)n3)c2)n1. The van der Waals surface area contributed by atoms with Gasteiger partial charge in [0.05, 0.1) is 17.4 Å². The van der Waals surface area contributed by atoms with E-state index in [1.54, 1.807) is 6.07 Å². The number of rotatable bonds is 4. The number of piperidine rings is 1. The molecule has 27 heavy (non-hydrogen) atoms. The van der Waals surface area contributed by atoms with Crippen molar-refractivity contribution in [3.8, 4) is 5.69 Å². The molecule has 140 valence electrons. The van der Waals surface area contributed by atoms with Crippen LogP contribution in [0.5, 0.6) is 0 Å². The molecule has 4 rings (SSSR count). The van der Waals surface area contributed by atoms with Crippen molar-refractivity contribution in [1.29, 1.82) is 0 Å². The minimum absolute atomic E-state index is 0.206. The van der Waals surface area contributed by atoms with Gasteiger partial charge in [0.1, 0.15) is 0 Å². The van der Waals surface area contributed by atoms with Gasteiger partial charge in [-0.3, -0.25) is 9.48 Å². The molecule has 2 N–H and O–H groups in total. The van der Waals surface area contributed by atoms with Crippen LogP contribution < -0.4 is 10.6 Å². The van der Waals surface area contributed by atoms with E-state index in [0.29, 0.717) is 11.7 Å². The monoisotopic (exact) mass is 364 g/mol. The molecule has 0 radical (unpaired) electrons. The Labute approximate surface area is 158 Å². The zero-order valence-electron chi connectivity index (χ0n) is 15.6. The van der Waals surface area contributed by atoms with Gasteiger partial charge >= 0.3 is 0 Å². The van der Waals surface area contributed by atoms with Gasteiger partial charge in [0, 0.05) is 24.1 Å². The molecule has 7 nitrogen and oxygen atoms in total. The summed E-state index contributed by atoms with van der Waals surface area (Å²) in [6, 6.07) is 11.8. The molecule has 7 heteroatoms. The van der Waals surface area contributed by atoms with Crippen LogP contribution in [0.15, 0.2) is 42.6 Å². The number of anilines is 1. The second-order valence-electron chi connectivity index (χ2n) is 7.02. The number of carbonyl (C=O) groups is 1. The summed E-state index contributed by atoms with van der Waals surface area (Å²) in [6.07, 6.45) is 4.10. The summed E-state index contributed by atoms with van der Waals surface area (Å²) < 4.78 is 3.77. The molecule has 1 aliphatic rings. The normalized spacial score (nSPS) is 17.0. The zero-order chi connectivity index (χ0) is 18.8. The maximum atomic E-state index is 12.6. The molecule has 0 spiro atoms. The van der Waals surface area contributed by atoms with Crippen LogP contribution in [0.25, 0.3) is 5.69 Å². The van der Waals surface area contributed by atoms with Gasteiger partial charge in [-0.2, -0.15) is 10.2 Å². The van der Waals surface area contributed by atoms with Crippen LogP contribution in [0.4, 0.5) is 5.69 Å². The fourth-order valence-corrected chi connectivity index (χ4v) is 3.52. The number of carbonyl (C=O) groups excluding carboxylic acids is 1. The van der Waals surface area contributed by atoms with Crippen molar-refractivity contribution in [2.45, 2.75) is 32.7 Å². The number of nitrogens with one attached hydrogen (secondary N) is 2. The lowest BCUT2D eigenvalue weighted by Gasteiger charge is -2.22. The van der Waals surface area contributed by atoms with Crippen molar-refractivity contribution in [2.75, 3.05) is 18.4 Å². The average molecular weight is 364 g/mol. The van der Waals surface area contributed by atoms with Crippen molar-refractivity contribution >= 4 is 11.6 Å². The minimum Gasteiger partial charge on any atom is -0.321 e. The predicted octanol–water partition coefficient (Wildman–Crippen LogP) is 2.86. The lowest BCUT2D eigenvalue weighted by atomic mass is 10.1. The highest BCUT2D eigenvalue weighted by atomic mass is 16.1. The molecule has 1 aliphatic heterocycles. The van der Waals surface area contributed by atoms with Crippen LogP contribution in [-0.4, -0.2) is 38.6 Å². The van der Waals surface area contributed by atoms with Gasteiger partial charge in [-0.15, -0.1) is 0 Å². The third-order valence-corrected chi connectivity index (χ3v) is 4.84. The van der Waals surface area contributed by atoms with Gasteiger partial charge in [-0.05, 0) is 63.6 Å². The van der Waals surface area contributed by atoms with Crippen LogP contribution in [0.2, 0.25) is 0 Å². The fourth-order valence-electron chi connectivity index (χ4n) is 3.52. The van der Waals surface area contributed by atoms with Crippen molar-refractivity contribution in [1.82, 2.24) is 24.9 Å². The van der Waals surface area contributed by atoms with E-state index in [4.69, 9.17) is 0 Å². The molecule has 3 heterocycles. The van der Waals surface area contributed by atoms with Gasteiger partial charge in [-0.25, -0.2) is 4.68 Å². The lowest BCUT2D eigenvalue weighted by Crippen LogP contribution is -2.32. The van der Waals surface area contributed by atoms with Gasteiger partial charge in [0.2, 0.25) is 0 Å². The van der Waals surface area contributed by atoms with Crippen molar-refractivity contribution < 1.29 is 4.79 Å². The third kappa shape index (κ3) is 3.78. The average Bonchev–Trinajstić information content (AvgIpc) is 3.29. The molecule has 1 saturated heterocycles. The number of nitrogens with zero attached hydrogens (tertiary/aromatic N) is 4. The zero-order valence-corrected chi connectivity index (χ0v) is 15.6. The Morgan fingerprint density at radius 2 is 2.11 bits per heavy atom. The molecule has 1 amide bonds. The molecule has 1 atom stereocenters. The molecule has 1 unspecified atom stereocenters. The van der Waals surface area contributed by atoms with E-state index in [1.165, 1.54) is 0 Å². The first-order valence-electron chi connectivity index (χ1n) is 9.31. The first kappa shape index (κ1) is 17.5. The van der Waals surface area contributed by atoms with Gasteiger partial charge in [-0.1, -0.05) is 6.07 Å². The number of hydrogen-bond acceptors (Lipinski definition) is 4. The van der Waals surface area contributed by atoms with E-state index in [9.17, 15) is 4.79 Å². The quantitative estimate of drug-likeness (QED) is 0.746. The van der Waals surface area contributed by atoms with E-state index in [2.05, 4.69) is 20.8 Å². The molecule has 1 fully saturated rings. The standard InChI is InChI=1S/C20H24N6O/c1-14-11-15(2)26(23-14)17-6-3-5-16(12-17)22-20(27)19-8-10-25(24-19)18-7-4-9-21-13-18/h3,5-6,8,10-12,18,21H,4,7,9,13H2,1-2H3,(H,22,27). The number of hydrogen-bond donors (Lipinski definition) is 2. The molecular formula is C20H24N6O. The molecule has 0 aliphatic carbocycles. The van der Waals surface area contributed by atoms with Crippen molar-refractivity contribution in [2.24, 2.45) is 0 Å². The maximum Gasteiger partial charge on any atom is 0.276 e. The van der Waals surface area contributed by atoms with Crippen LogP contribution in [-0.2, 0) is 0 Å². The Balaban J connectivity index is 1.49. The highest BCUT2D eigenvalue weighted by molar-refractivity contribution is 6.02. The Kier molecular flexibility index (Phi) is 4.77. The molecule has 0 bridgehead atoms. The molecule has 2 aromatic heterocycles. The molecule has 3 aromatic rings. The largest absolute Gasteiger partial charge is 0.321 e. The second kappa shape index (κ2) is 7.36. The summed E-state index contributed by atoms with van der Waals surface area (Å²) in [5.74, 6) is -0.206. The topological polar surface area (TPSA) is 76.8 Å². The second-order valence-corrected chi connectivity index (χ2v) is 7.02. The number of aromatic nitrogens is 4. The fraction of sp³-hybridized carbons (Fsp3) is 0.350. The maximum absolute atomic E-state index is 12.6. The Morgan fingerprint density at radius 3 is 2.85 bits per heavy atom. The number of aryl methyl sites for hydroxylation is 2. The van der Waals surface area contributed by atoms with E-state index >= 15 is 0 Å². The summed E-state index contributed by atoms with van der Waals surface area (Å²) >= 11 is 0. The summed E-state index contributed by atoms with van der Waals surface area (Å²) in [5.41, 5.74) is 4.08. The smallest absolute Gasteiger partial charge is 0.276 e. The van der Waals surface area contributed by atoms with E-state index in [-0.39, 0.29) is 5.91 Å². The van der Waals surface area contributed by atoms with Crippen LogP contribution in [0, 0.1) is 13.8 Å². The van der Waals surface area contributed by atoms with Crippen LogP contribution in [0.3, 0.4) is 0 Å². The number of amides is 1. The van der Waals surface area contributed by atoms with Crippen molar-refractivity contribution in [3.63, 3.8) is 0 Å². The van der Waals surface area contributed by atoms with Crippen molar-refractivity contribution in [3.05, 3.63) is 59.7 Å². The van der Waals surface area contributed by atoms with E-state index in [0.717, 1.165) is 48.7 Å². The first-order valence-corrected chi connectivity index (χ1v) is 9.31. The first-order chi connectivity index (χ1) is 13.1. The highest BCUT2D eigenvalue weighted by Gasteiger charge is 2.18. The molecule has 0 saturated carbocycles. The van der Waals surface area contributed by atoms with Gasteiger partial charge < -0.3 is 10.6 Å². The Morgan fingerprint density at radius 1 is 1.22 bits per heavy atom. The third-order valence-electron chi connectivity index (χ3n) is 4.84. The molecular weight excluding hydrogens is 340 g/mol. The lowest BCUT2D eigenvalue weighted by molar-refractivity contribution is 0.102. The Hall–Kier alpha value is -2.93. The highest BCUT2D eigenvalue weighted by Crippen LogP contribution is 2.19.